The molecule has 104 valence electrons. The molecule has 1 aliphatic heterocycles. The van der Waals surface area contributed by atoms with Crippen LogP contribution in [0, 0.1) is 0 Å². The third-order valence-electron chi connectivity index (χ3n) is 3.78. The monoisotopic (exact) mass is 268 g/mol. The van der Waals surface area contributed by atoms with Crippen LogP contribution in [0.2, 0.25) is 0 Å². The van der Waals surface area contributed by atoms with E-state index in [9.17, 15) is 4.79 Å². The van der Waals surface area contributed by atoms with E-state index in [-0.39, 0.29) is 11.9 Å². The molecule has 0 radical (unpaired) electrons. The molecule has 1 unspecified atom stereocenters. The van der Waals surface area contributed by atoms with E-state index >= 15 is 0 Å². The Morgan fingerprint density at radius 1 is 1.15 bits per heavy atom. The normalized spacial score (nSPS) is 19.2. The lowest BCUT2D eigenvalue weighted by atomic mass is 10.1. The SMILES string of the molecule is CC(C)NC1CCN(c2ccc3ccccc3c2)C1=O. The average Bonchev–Trinajstić information content (AvgIpc) is 2.79. The minimum Gasteiger partial charge on any atom is -0.311 e. The first kappa shape index (κ1) is 13.1. The number of benzene rings is 2. The van der Waals surface area contributed by atoms with Gasteiger partial charge in [-0.3, -0.25) is 4.79 Å². The summed E-state index contributed by atoms with van der Waals surface area (Å²) in [6, 6.07) is 14.8. The molecule has 2 aromatic carbocycles. The van der Waals surface area contributed by atoms with E-state index < -0.39 is 0 Å². The number of carbonyl (C=O) groups excluding carboxylic acids is 1. The quantitative estimate of drug-likeness (QED) is 0.928. The van der Waals surface area contributed by atoms with Gasteiger partial charge in [-0.2, -0.15) is 0 Å². The third-order valence-corrected chi connectivity index (χ3v) is 3.78. The molecule has 1 saturated heterocycles. The van der Waals surface area contributed by atoms with Crippen molar-refractivity contribution in [1.29, 1.82) is 0 Å². The minimum atomic E-state index is -0.0403. The van der Waals surface area contributed by atoms with Gasteiger partial charge in [-0.1, -0.05) is 44.2 Å². The smallest absolute Gasteiger partial charge is 0.244 e. The van der Waals surface area contributed by atoms with Crippen LogP contribution in [0.3, 0.4) is 0 Å². The van der Waals surface area contributed by atoms with Gasteiger partial charge in [0.05, 0.1) is 6.04 Å². The molecular weight excluding hydrogens is 248 g/mol. The minimum absolute atomic E-state index is 0.0403. The Morgan fingerprint density at radius 3 is 2.65 bits per heavy atom. The van der Waals surface area contributed by atoms with Crippen molar-refractivity contribution in [2.75, 3.05) is 11.4 Å². The zero-order valence-corrected chi connectivity index (χ0v) is 12.0. The van der Waals surface area contributed by atoms with Crippen LogP contribution < -0.4 is 10.2 Å². The molecule has 0 spiro atoms. The van der Waals surface area contributed by atoms with E-state index in [1.807, 2.05) is 23.1 Å². The Kier molecular flexibility index (Phi) is 3.45. The summed E-state index contributed by atoms with van der Waals surface area (Å²) in [5, 5.41) is 5.72. The van der Waals surface area contributed by atoms with Crippen LogP contribution in [0.4, 0.5) is 5.69 Å². The van der Waals surface area contributed by atoms with Crippen LogP contribution in [0.1, 0.15) is 20.3 Å². The number of hydrogen-bond donors (Lipinski definition) is 1. The zero-order valence-electron chi connectivity index (χ0n) is 12.0. The molecular formula is C17H20N2O. The van der Waals surface area contributed by atoms with Gasteiger partial charge in [0.1, 0.15) is 0 Å². The highest BCUT2D eigenvalue weighted by atomic mass is 16.2. The molecule has 0 aliphatic carbocycles. The number of rotatable bonds is 3. The predicted octanol–water partition coefficient (Wildman–Crippen LogP) is 2.94. The van der Waals surface area contributed by atoms with Gasteiger partial charge >= 0.3 is 0 Å². The fraction of sp³-hybridized carbons (Fsp3) is 0.353. The second kappa shape index (κ2) is 5.25. The first-order valence-electron chi connectivity index (χ1n) is 7.21. The van der Waals surface area contributed by atoms with Crippen LogP contribution in [0.15, 0.2) is 42.5 Å². The summed E-state index contributed by atoms with van der Waals surface area (Å²) in [6.45, 7) is 4.94. The van der Waals surface area contributed by atoms with Crippen molar-refractivity contribution in [2.45, 2.75) is 32.4 Å². The molecule has 0 bridgehead atoms. The van der Waals surface area contributed by atoms with Gasteiger partial charge in [-0.05, 0) is 29.3 Å². The lowest BCUT2D eigenvalue weighted by molar-refractivity contribution is -0.118. The first-order chi connectivity index (χ1) is 9.65. The molecule has 0 saturated carbocycles. The van der Waals surface area contributed by atoms with Crippen LogP contribution in [0.25, 0.3) is 10.8 Å². The van der Waals surface area contributed by atoms with E-state index in [1.54, 1.807) is 0 Å². The fourth-order valence-corrected chi connectivity index (χ4v) is 2.84. The fourth-order valence-electron chi connectivity index (χ4n) is 2.84. The van der Waals surface area contributed by atoms with Gasteiger partial charge in [-0.15, -0.1) is 0 Å². The molecule has 1 atom stereocenters. The molecule has 3 nitrogen and oxygen atoms in total. The molecule has 20 heavy (non-hydrogen) atoms. The van der Waals surface area contributed by atoms with Crippen molar-refractivity contribution >= 4 is 22.4 Å². The standard InChI is InChI=1S/C17H20N2O/c1-12(2)18-16-9-10-19(17(16)20)15-8-7-13-5-3-4-6-14(13)11-15/h3-8,11-12,16,18H,9-10H2,1-2H3. The second-order valence-corrected chi connectivity index (χ2v) is 5.68. The number of carbonyl (C=O) groups is 1. The van der Waals surface area contributed by atoms with Gasteiger partial charge in [0.2, 0.25) is 5.91 Å². The molecule has 1 amide bonds. The predicted molar refractivity (Wildman–Crippen MR) is 83.0 cm³/mol. The molecule has 3 rings (SSSR count). The van der Waals surface area contributed by atoms with E-state index in [1.165, 1.54) is 10.8 Å². The van der Waals surface area contributed by atoms with Gasteiger partial charge in [0.15, 0.2) is 0 Å². The number of hydrogen-bond acceptors (Lipinski definition) is 2. The molecule has 1 N–H and O–H groups in total. The summed E-state index contributed by atoms with van der Waals surface area (Å²) in [4.78, 5) is 14.3. The van der Waals surface area contributed by atoms with Crippen molar-refractivity contribution in [1.82, 2.24) is 5.32 Å². The maximum absolute atomic E-state index is 12.4. The molecule has 2 aromatic rings. The van der Waals surface area contributed by atoms with Gasteiger partial charge < -0.3 is 10.2 Å². The van der Waals surface area contributed by atoms with Crippen molar-refractivity contribution in [2.24, 2.45) is 0 Å². The molecule has 1 aliphatic rings. The van der Waals surface area contributed by atoms with E-state index in [0.29, 0.717) is 6.04 Å². The number of anilines is 1. The van der Waals surface area contributed by atoms with E-state index in [4.69, 9.17) is 0 Å². The molecule has 1 heterocycles. The molecule has 3 heteroatoms. The van der Waals surface area contributed by atoms with Crippen molar-refractivity contribution < 1.29 is 4.79 Å². The topological polar surface area (TPSA) is 32.3 Å². The first-order valence-corrected chi connectivity index (χ1v) is 7.21. The van der Waals surface area contributed by atoms with Crippen molar-refractivity contribution in [3.63, 3.8) is 0 Å². The summed E-state index contributed by atoms with van der Waals surface area (Å²) in [6.07, 6.45) is 0.879. The van der Waals surface area contributed by atoms with Crippen molar-refractivity contribution in [3.05, 3.63) is 42.5 Å². The lowest BCUT2D eigenvalue weighted by Crippen LogP contribution is -2.41. The summed E-state index contributed by atoms with van der Waals surface area (Å²) < 4.78 is 0. The van der Waals surface area contributed by atoms with Crippen LogP contribution in [-0.2, 0) is 4.79 Å². The summed E-state index contributed by atoms with van der Waals surface area (Å²) in [5.74, 6) is 0.189. The highest BCUT2D eigenvalue weighted by molar-refractivity contribution is 6.01. The zero-order chi connectivity index (χ0) is 14.1. The highest BCUT2D eigenvalue weighted by Gasteiger charge is 2.32. The van der Waals surface area contributed by atoms with Gasteiger partial charge in [0, 0.05) is 18.3 Å². The van der Waals surface area contributed by atoms with Crippen LogP contribution >= 0.6 is 0 Å². The van der Waals surface area contributed by atoms with Crippen LogP contribution in [-0.4, -0.2) is 24.5 Å². The summed E-state index contributed by atoms with van der Waals surface area (Å²) in [7, 11) is 0. The van der Waals surface area contributed by atoms with E-state index in [0.717, 1.165) is 18.7 Å². The average molecular weight is 268 g/mol. The third kappa shape index (κ3) is 2.41. The largest absolute Gasteiger partial charge is 0.311 e. The molecule has 0 aromatic heterocycles. The Bertz CT molecular complexity index is 636. The van der Waals surface area contributed by atoms with Crippen molar-refractivity contribution in [3.8, 4) is 0 Å². The number of amides is 1. The number of nitrogens with one attached hydrogen (secondary N) is 1. The Morgan fingerprint density at radius 2 is 1.90 bits per heavy atom. The Balaban J connectivity index is 1.86. The maximum atomic E-state index is 12.4. The van der Waals surface area contributed by atoms with Gasteiger partial charge in [0.25, 0.3) is 0 Å². The summed E-state index contributed by atoms with van der Waals surface area (Å²) >= 11 is 0. The Labute approximate surface area is 119 Å². The number of nitrogens with zero attached hydrogens (tertiary/aromatic N) is 1. The molecule has 1 fully saturated rings. The van der Waals surface area contributed by atoms with Crippen LogP contribution in [0.5, 0.6) is 0 Å². The lowest BCUT2D eigenvalue weighted by Gasteiger charge is -2.19. The van der Waals surface area contributed by atoms with E-state index in [2.05, 4.69) is 43.4 Å². The highest BCUT2D eigenvalue weighted by Crippen LogP contribution is 2.26. The number of fused-ring (bicyclic) bond motifs is 1. The maximum Gasteiger partial charge on any atom is 0.244 e. The van der Waals surface area contributed by atoms with Gasteiger partial charge in [-0.25, -0.2) is 0 Å². The Hall–Kier alpha value is -1.87. The second-order valence-electron chi connectivity index (χ2n) is 5.68. The summed E-state index contributed by atoms with van der Waals surface area (Å²) in [5.41, 5.74) is 1.00.